The lowest BCUT2D eigenvalue weighted by Crippen LogP contribution is -2.18. The first-order valence-electron chi connectivity index (χ1n) is 5.57. The van der Waals surface area contributed by atoms with Crippen LogP contribution in [0.4, 0.5) is 27.6 Å². The molecule has 0 bridgehead atoms. The van der Waals surface area contributed by atoms with Gasteiger partial charge in [0.2, 0.25) is 0 Å². The SMILES string of the molecule is O=C(Nc1ccncc1F)c1cccc(C(F)(F)F)c1F. The van der Waals surface area contributed by atoms with Crippen molar-refractivity contribution in [1.29, 1.82) is 0 Å². The molecule has 1 N–H and O–H groups in total. The number of amides is 1. The Morgan fingerprint density at radius 1 is 1.14 bits per heavy atom. The highest BCUT2D eigenvalue weighted by Gasteiger charge is 2.35. The van der Waals surface area contributed by atoms with Crippen LogP contribution in [-0.2, 0) is 6.18 Å². The first-order chi connectivity index (χ1) is 9.80. The summed E-state index contributed by atoms with van der Waals surface area (Å²) in [6.45, 7) is 0. The maximum Gasteiger partial charge on any atom is 0.419 e. The van der Waals surface area contributed by atoms with Crippen LogP contribution in [-0.4, -0.2) is 10.9 Å². The highest BCUT2D eigenvalue weighted by Crippen LogP contribution is 2.32. The predicted octanol–water partition coefficient (Wildman–Crippen LogP) is 3.63. The van der Waals surface area contributed by atoms with Gasteiger partial charge in [0.15, 0.2) is 5.82 Å². The summed E-state index contributed by atoms with van der Waals surface area (Å²) >= 11 is 0. The van der Waals surface area contributed by atoms with E-state index in [1.807, 2.05) is 5.32 Å². The topological polar surface area (TPSA) is 42.0 Å². The van der Waals surface area contributed by atoms with E-state index in [1.54, 1.807) is 0 Å². The first-order valence-corrected chi connectivity index (χ1v) is 5.57. The van der Waals surface area contributed by atoms with E-state index in [0.29, 0.717) is 6.07 Å². The van der Waals surface area contributed by atoms with E-state index in [1.165, 1.54) is 6.20 Å². The molecule has 110 valence electrons. The zero-order valence-corrected chi connectivity index (χ0v) is 10.2. The fourth-order valence-corrected chi connectivity index (χ4v) is 1.59. The number of halogens is 5. The van der Waals surface area contributed by atoms with Crippen LogP contribution >= 0.6 is 0 Å². The number of alkyl halides is 3. The molecule has 0 spiro atoms. The number of benzene rings is 1. The molecule has 0 aliphatic rings. The van der Waals surface area contributed by atoms with Gasteiger partial charge < -0.3 is 5.32 Å². The molecule has 1 aromatic carbocycles. The third kappa shape index (κ3) is 3.15. The number of carbonyl (C=O) groups is 1. The van der Waals surface area contributed by atoms with Gasteiger partial charge in [0.25, 0.3) is 5.91 Å². The monoisotopic (exact) mass is 302 g/mol. The Hall–Kier alpha value is -2.51. The van der Waals surface area contributed by atoms with E-state index in [-0.39, 0.29) is 5.69 Å². The van der Waals surface area contributed by atoms with Crippen molar-refractivity contribution in [3.8, 4) is 0 Å². The third-order valence-electron chi connectivity index (χ3n) is 2.57. The largest absolute Gasteiger partial charge is 0.419 e. The molecular formula is C13H7F5N2O. The Bertz CT molecular complexity index is 685. The quantitative estimate of drug-likeness (QED) is 0.861. The van der Waals surface area contributed by atoms with Gasteiger partial charge in [-0.05, 0) is 18.2 Å². The van der Waals surface area contributed by atoms with Gasteiger partial charge in [-0.1, -0.05) is 6.07 Å². The van der Waals surface area contributed by atoms with Crippen molar-refractivity contribution in [3.63, 3.8) is 0 Å². The summed E-state index contributed by atoms with van der Waals surface area (Å²) in [4.78, 5) is 15.2. The maximum atomic E-state index is 13.7. The summed E-state index contributed by atoms with van der Waals surface area (Å²) in [5, 5.41) is 1.98. The summed E-state index contributed by atoms with van der Waals surface area (Å²) in [7, 11) is 0. The average Bonchev–Trinajstić information content (AvgIpc) is 2.40. The third-order valence-corrected chi connectivity index (χ3v) is 2.57. The number of carbonyl (C=O) groups excluding carboxylic acids is 1. The Morgan fingerprint density at radius 3 is 2.48 bits per heavy atom. The number of rotatable bonds is 2. The smallest absolute Gasteiger partial charge is 0.319 e. The predicted molar refractivity (Wildman–Crippen MR) is 63.6 cm³/mol. The summed E-state index contributed by atoms with van der Waals surface area (Å²) in [5.74, 6) is -3.79. The number of nitrogens with one attached hydrogen (secondary N) is 1. The van der Waals surface area contributed by atoms with Crippen LogP contribution in [0.15, 0.2) is 36.7 Å². The van der Waals surface area contributed by atoms with Crippen molar-refractivity contribution in [2.24, 2.45) is 0 Å². The molecule has 2 rings (SSSR count). The minimum Gasteiger partial charge on any atom is -0.319 e. The van der Waals surface area contributed by atoms with Crippen molar-refractivity contribution < 1.29 is 26.7 Å². The molecule has 0 atom stereocenters. The Balaban J connectivity index is 2.35. The Kier molecular flexibility index (Phi) is 3.88. The lowest BCUT2D eigenvalue weighted by Gasteiger charge is -2.11. The standard InChI is InChI=1S/C13H7F5N2O/c14-9-6-19-5-4-10(9)20-12(21)7-2-1-3-8(11(7)15)13(16,17)18/h1-6H,(H,19,20,21). The van der Waals surface area contributed by atoms with E-state index in [4.69, 9.17) is 0 Å². The normalized spacial score (nSPS) is 11.3. The number of hydrogen-bond acceptors (Lipinski definition) is 2. The van der Waals surface area contributed by atoms with Crippen LogP contribution in [0.5, 0.6) is 0 Å². The summed E-state index contributed by atoms with van der Waals surface area (Å²) < 4.78 is 64.6. The second kappa shape index (κ2) is 5.47. The minimum atomic E-state index is -4.93. The molecule has 0 radical (unpaired) electrons. The zero-order chi connectivity index (χ0) is 15.6. The molecule has 21 heavy (non-hydrogen) atoms. The molecule has 1 heterocycles. The van der Waals surface area contributed by atoms with Crippen molar-refractivity contribution >= 4 is 11.6 Å². The van der Waals surface area contributed by atoms with Crippen molar-refractivity contribution in [3.05, 3.63) is 59.4 Å². The molecule has 0 saturated carbocycles. The van der Waals surface area contributed by atoms with Gasteiger partial charge >= 0.3 is 6.18 Å². The molecule has 1 aromatic heterocycles. The van der Waals surface area contributed by atoms with Crippen molar-refractivity contribution in [1.82, 2.24) is 4.98 Å². The van der Waals surface area contributed by atoms with Crippen LogP contribution in [0.3, 0.4) is 0 Å². The molecule has 0 aliphatic carbocycles. The zero-order valence-electron chi connectivity index (χ0n) is 10.2. The molecule has 0 fully saturated rings. The van der Waals surface area contributed by atoms with Gasteiger partial charge in [-0.25, -0.2) is 8.78 Å². The molecule has 8 heteroatoms. The first kappa shape index (κ1) is 14.9. The van der Waals surface area contributed by atoms with E-state index in [0.717, 1.165) is 24.4 Å². The van der Waals surface area contributed by atoms with Crippen molar-refractivity contribution in [2.75, 3.05) is 5.32 Å². The summed E-state index contributed by atoms with van der Waals surface area (Å²) in [5.41, 5.74) is -2.71. The van der Waals surface area contributed by atoms with Crippen LogP contribution in [0.2, 0.25) is 0 Å². The van der Waals surface area contributed by atoms with Gasteiger partial charge in [-0.2, -0.15) is 13.2 Å². The summed E-state index contributed by atoms with van der Waals surface area (Å²) in [6, 6.07) is 3.38. The number of nitrogens with zero attached hydrogens (tertiary/aromatic N) is 1. The van der Waals surface area contributed by atoms with Gasteiger partial charge in [0, 0.05) is 6.20 Å². The number of hydrogen-bond donors (Lipinski definition) is 1. The van der Waals surface area contributed by atoms with Crippen LogP contribution in [0.25, 0.3) is 0 Å². The number of anilines is 1. The van der Waals surface area contributed by atoms with Gasteiger partial charge in [0.1, 0.15) is 5.82 Å². The van der Waals surface area contributed by atoms with Crippen LogP contribution in [0.1, 0.15) is 15.9 Å². The van der Waals surface area contributed by atoms with E-state index in [9.17, 15) is 26.7 Å². The fraction of sp³-hybridized carbons (Fsp3) is 0.0769. The lowest BCUT2D eigenvalue weighted by molar-refractivity contribution is -0.140. The average molecular weight is 302 g/mol. The van der Waals surface area contributed by atoms with Gasteiger partial charge in [-0.15, -0.1) is 0 Å². The van der Waals surface area contributed by atoms with Crippen LogP contribution in [0, 0.1) is 11.6 Å². The molecule has 2 aromatic rings. The molecule has 0 aliphatic heterocycles. The second-order valence-electron chi connectivity index (χ2n) is 3.97. The molecule has 1 amide bonds. The highest BCUT2D eigenvalue weighted by molar-refractivity contribution is 6.04. The minimum absolute atomic E-state index is 0.313. The Labute approximate surface area is 115 Å². The van der Waals surface area contributed by atoms with E-state index < -0.39 is 34.8 Å². The van der Waals surface area contributed by atoms with Crippen molar-refractivity contribution in [2.45, 2.75) is 6.18 Å². The molecule has 0 saturated heterocycles. The summed E-state index contributed by atoms with van der Waals surface area (Å²) in [6.07, 6.45) is -2.96. The highest BCUT2D eigenvalue weighted by atomic mass is 19.4. The lowest BCUT2D eigenvalue weighted by atomic mass is 10.1. The fourth-order valence-electron chi connectivity index (χ4n) is 1.59. The van der Waals surface area contributed by atoms with Gasteiger partial charge in [-0.3, -0.25) is 9.78 Å². The van der Waals surface area contributed by atoms with E-state index >= 15 is 0 Å². The van der Waals surface area contributed by atoms with E-state index in [2.05, 4.69) is 4.98 Å². The molecular weight excluding hydrogens is 295 g/mol. The second-order valence-corrected chi connectivity index (χ2v) is 3.97. The number of aromatic nitrogens is 1. The molecule has 3 nitrogen and oxygen atoms in total. The number of pyridine rings is 1. The molecule has 0 unspecified atom stereocenters. The maximum absolute atomic E-state index is 13.7. The Morgan fingerprint density at radius 2 is 1.86 bits per heavy atom. The van der Waals surface area contributed by atoms with Gasteiger partial charge in [0.05, 0.1) is 23.0 Å². The van der Waals surface area contributed by atoms with Crippen LogP contribution < -0.4 is 5.32 Å².